The van der Waals surface area contributed by atoms with Crippen LogP contribution in [-0.4, -0.2) is 45.9 Å². The fourth-order valence-corrected chi connectivity index (χ4v) is 3.10. The standard InChI is InChI=1S/C21H21N3O5/c1-13(23-24-19(26)15-9-5-6-10-16(15)20(24)27)11-12-17(21(28)29)22-18(25)14-7-3-2-4-8-14/h2-10,13,17,23H,11-12H2,1H3,(H,22,25)(H,28,29). The average molecular weight is 395 g/mol. The summed E-state index contributed by atoms with van der Waals surface area (Å²) in [7, 11) is 0. The first kappa shape index (κ1) is 20.2. The molecule has 150 valence electrons. The van der Waals surface area contributed by atoms with Crippen LogP contribution in [0.25, 0.3) is 0 Å². The van der Waals surface area contributed by atoms with Gasteiger partial charge in [0, 0.05) is 11.6 Å². The van der Waals surface area contributed by atoms with E-state index in [-0.39, 0.29) is 12.5 Å². The van der Waals surface area contributed by atoms with Crippen LogP contribution in [0.2, 0.25) is 0 Å². The van der Waals surface area contributed by atoms with Crippen LogP contribution in [-0.2, 0) is 4.79 Å². The van der Waals surface area contributed by atoms with Crippen molar-refractivity contribution in [1.29, 1.82) is 0 Å². The van der Waals surface area contributed by atoms with Gasteiger partial charge in [0.15, 0.2) is 0 Å². The summed E-state index contributed by atoms with van der Waals surface area (Å²) in [5, 5.41) is 12.9. The second kappa shape index (κ2) is 8.66. The molecule has 1 heterocycles. The van der Waals surface area contributed by atoms with Crippen molar-refractivity contribution in [1.82, 2.24) is 15.8 Å². The summed E-state index contributed by atoms with van der Waals surface area (Å²) < 4.78 is 0. The van der Waals surface area contributed by atoms with Crippen LogP contribution >= 0.6 is 0 Å². The van der Waals surface area contributed by atoms with Gasteiger partial charge in [-0.3, -0.25) is 14.4 Å². The molecular weight excluding hydrogens is 374 g/mol. The van der Waals surface area contributed by atoms with E-state index < -0.39 is 29.7 Å². The smallest absolute Gasteiger partial charge is 0.326 e. The number of carboxylic acid groups (broad SMARTS) is 1. The van der Waals surface area contributed by atoms with Gasteiger partial charge in [-0.1, -0.05) is 30.3 Å². The Labute approximate surface area is 167 Å². The van der Waals surface area contributed by atoms with Gasteiger partial charge in [0.25, 0.3) is 17.7 Å². The minimum atomic E-state index is -1.15. The number of benzene rings is 2. The highest BCUT2D eigenvalue weighted by Crippen LogP contribution is 2.21. The molecular formula is C21H21N3O5. The summed E-state index contributed by atoms with van der Waals surface area (Å²) in [4.78, 5) is 48.5. The molecule has 0 bridgehead atoms. The Hall–Kier alpha value is -3.52. The lowest BCUT2D eigenvalue weighted by atomic mass is 10.1. The summed E-state index contributed by atoms with van der Waals surface area (Å²) in [6.45, 7) is 1.74. The number of hydrogen-bond acceptors (Lipinski definition) is 5. The highest BCUT2D eigenvalue weighted by Gasteiger charge is 2.36. The highest BCUT2D eigenvalue weighted by molar-refractivity contribution is 6.20. The third-order valence-corrected chi connectivity index (χ3v) is 4.67. The van der Waals surface area contributed by atoms with Crippen molar-refractivity contribution in [2.45, 2.75) is 31.8 Å². The van der Waals surface area contributed by atoms with E-state index in [1.807, 2.05) is 0 Å². The van der Waals surface area contributed by atoms with E-state index in [0.29, 0.717) is 23.1 Å². The molecule has 1 aliphatic heterocycles. The quantitative estimate of drug-likeness (QED) is 0.588. The number of carbonyl (C=O) groups excluding carboxylic acids is 3. The molecule has 29 heavy (non-hydrogen) atoms. The number of amides is 3. The molecule has 3 amide bonds. The highest BCUT2D eigenvalue weighted by atomic mass is 16.4. The molecule has 0 aliphatic carbocycles. The minimum Gasteiger partial charge on any atom is -0.480 e. The topological polar surface area (TPSA) is 116 Å². The first-order valence-electron chi connectivity index (χ1n) is 9.21. The number of nitrogens with one attached hydrogen (secondary N) is 2. The van der Waals surface area contributed by atoms with Gasteiger partial charge >= 0.3 is 5.97 Å². The Morgan fingerprint density at radius 1 is 0.931 bits per heavy atom. The number of nitrogens with zero attached hydrogens (tertiary/aromatic N) is 1. The molecule has 8 heteroatoms. The Balaban J connectivity index is 1.57. The second-order valence-corrected chi connectivity index (χ2v) is 6.83. The SMILES string of the molecule is CC(CCC(NC(=O)c1ccccc1)C(=O)O)NN1C(=O)c2ccccc2C1=O. The van der Waals surface area contributed by atoms with E-state index in [0.717, 1.165) is 5.01 Å². The molecule has 0 fully saturated rings. The van der Waals surface area contributed by atoms with Crippen LogP contribution in [0.1, 0.15) is 50.8 Å². The van der Waals surface area contributed by atoms with Gasteiger partial charge < -0.3 is 10.4 Å². The number of fused-ring (bicyclic) bond motifs is 1. The van der Waals surface area contributed by atoms with Gasteiger partial charge in [0.2, 0.25) is 0 Å². The predicted octanol–water partition coefficient (Wildman–Crippen LogP) is 1.84. The number of imide groups is 1. The van der Waals surface area contributed by atoms with Crippen molar-refractivity contribution in [2.75, 3.05) is 0 Å². The summed E-state index contributed by atoms with van der Waals surface area (Å²) >= 11 is 0. The van der Waals surface area contributed by atoms with Crippen LogP contribution in [0.15, 0.2) is 54.6 Å². The van der Waals surface area contributed by atoms with Gasteiger partial charge in [-0.25, -0.2) is 15.2 Å². The zero-order valence-corrected chi connectivity index (χ0v) is 15.8. The van der Waals surface area contributed by atoms with E-state index in [2.05, 4.69) is 10.7 Å². The van der Waals surface area contributed by atoms with Crippen LogP contribution < -0.4 is 10.7 Å². The number of rotatable bonds is 8. The Morgan fingerprint density at radius 3 is 2.03 bits per heavy atom. The van der Waals surface area contributed by atoms with Crippen LogP contribution in [0.5, 0.6) is 0 Å². The third kappa shape index (κ3) is 4.49. The number of hydrazine groups is 1. The zero-order chi connectivity index (χ0) is 21.0. The Kier molecular flexibility index (Phi) is 6.04. The maximum Gasteiger partial charge on any atom is 0.326 e. The van der Waals surface area contributed by atoms with Crippen LogP contribution in [0.4, 0.5) is 0 Å². The average Bonchev–Trinajstić information content (AvgIpc) is 2.96. The fraction of sp³-hybridized carbons (Fsp3) is 0.238. The lowest BCUT2D eigenvalue weighted by Crippen LogP contribution is -2.48. The first-order valence-corrected chi connectivity index (χ1v) is 9.21. The second-order valence-electron chi connectivity index (χ2n) is 6.83. The van der Waals surface area contributed by atoms with Crippen molar-refractivity contribution >= 4 is 23.7 Å². The summed E-state index contributed by atoms with van der Waals surface area (Å²) in [5.41, 5.74) is 3.86. The maximum absolute atomic E-state index is 12.4. The van der Waals surface area contributed by atoms with Crippen molar-refractivity contribution in [3.63, 3.8) is 0 Å². The number of carboxylic acids is 1. The molecule has 3 rings (SSSR count). The van der Waals surface area contributed by atoms with Gasteiger partial charge in [-0.2, -0.15) is 0 Å². The molecule has 2 aromatic rings. The molecule has 2 aromatic carbocycles. The maximum atomic E-state index is 12.4. The van der Waals surface area contributed by atoms with Gasteiger partial charge in [0.05, 0.1) is 11.1 Å². The summed E-state index contributed by atoms with van der Waals surface area (Å²) in [5.74, 6) is -2.50. The molecule has 0 radical (unpaired) electrons. The molecule has 3 N–H and O–H groups in total. The number of aliphatic carboxylic acids is 1. The number of carbonyl (C=O) groups is 4. The van der Waals surface area contributed by atoms with E-state index >= 15 is 0 Å². The normalized spacial score (nSPS) is 15.0. The molecule has 0 saturated carbocycles. The van der Waals surface area contributed by atoms with E-state index in [9.17, 15) is 24.3 Å². The summed E-state index contributed by atoms with van der Waals surface area (Å²) in [6.07, 6.45) is 0.449. The molecule has 2 unspecified atom stereocenters. The monoisotopic (exact) mass is 395 g/mol. The van der Waals surface area contributed by atoms with Gasteiger partial charge in [0.1, 0.15) is 6.04 Å². The molecule has 2 atom stereocenters. The zero-order valence-electron chi connectivity index (χ0n) is 15.8. The Bertz CT molecular complexity index is 909. The van der Waals surface area contributed by atoms with Gasteiger partial charge in [-0.05, 0) is 44.0 Å². The van der Waals surface area contributed by atoms with Crippen LogP contribution in [0, 0.1) is 0 Å². The summed E-state index contributed by atoms with van der Waals surface area (Å²) in [6, 6.07) is 13.4. The first-order chi connectivity index (χ1) is 13.9. The molecule has 1 aliphatic rings. The van der Waals surface area contributed by atoms with Crippen molar-refractivity contribution in [3.8, 4) is 0 Å². The van der Waals surface area contributed by atoms with Crippen molar-refractivity contribution in [2.24, 2.45) is 0 Å². The third-order valence-electron chi connectivity index (χ3n) is 4.67. The predicted molar refractivity (Wildman–Crippen MR) is 104 cm³/mol. The lowest BCUT2D eigenvalue weighted by molar-refractivity contribution is -0.139. The van der Waals surface area contributed by atoms with E-state index in [1.54, 1.807) is 61.5 Å². The van der Waals surface area contributed by atoms with Gasteiger partial charge in [-0.15, -0.1) is 0 Å². The fourth-order valence-electron chi connectivity index (χ4n) is 3.10. The minimum absolute atomic E-state index is 0.130. The van der Waals surface area contributed by atoms with Crippen molar-refractivity contribution in [3.05, 3.63) is 71.3 Å². The van der Waals surface area contributed by atoms with E-state index in [4.69, 9.17) is 0 Å². The molecule has 8 nitrogen and oxygen atoms in total. The van der Waals surface area contributed by atoms with E-state index in [1.165, 1.54) is 0 Å². The Morgan fingerprint density at radius 2 is 1.48 bits per heavy atom. The van der Waals surface area contributed by atoms with Crippen molar-refractivity contribution < 1.29 is 24.3 Å². The lowest BCUT2D eigenvalue weighted by Gasteiger charge is -2.22. The molecule has 0 aromatic heterocycles. The molecule has 0 spiro atoms. The largest absolute Gasteiger partial charge is 0.480 e. The molecule has 0 saturated heterocycles. The van der Waals surface area contributed by atoms with Crippen LogP contribution in [0.3, 0.4) is 0 Å². The number of hydrogen-bond donors (Lipinski definition) is 3.